The number of aromatic nitrogens is 3. The first-order chi connectivity index (χ1) is 13.0. The van der Waals surface area contributed by atoms with Crippen LogP contribution in [0.5, 0.6) is 0 Å². The summed E-state index contributed by atoms with van der Waals surface area (Å²) in [5.41, 5.74) is 7.09. The largest absolute Gasteiger partial charge is 0.316 e. The van der Waals surface area contributed by atoms with E-state index in [0.717, 1.165) is 15.9 Å². The van der Waals surface area contributed by atoms with Gasteiger partial charge in [-0.3, -0.25) is 4.98 Å². The van der Waals surface area contributed by atoms with Gasteiger partial charge in [0.2, 0.25) is 11.2 Å². The first-order valence-electron chi connectivity index (χ1n) is 8.90. The lowest BCUT2D eigenvalue weighted by Gasteiger charge is -2.08. The molecule has 3 nitrogen and oxygen atoms in total. The van der Waals surface area contributed by atoms with Crippen molar-refractivity contribution >= 4 is 39.0 Å². The summed E-state index contributed by atoms with van der Waals surface area (Å²) < 4.78 is 5.56. The number of hydrogen-bond acceptors (Lipinski definition) is 1. The number of nitrogens with zero attached hydrogens (tertiary/aromatic N) is 3. The van der Waals surface area contributed by atoms with Crippen LogP contribution in [0.3, 0.4) is 0 Å². The van der Waals surface area contributed by atoms with Crippen LogP contribution in [-0.4, -0.2) is 9.55 Å². The molecule has 0 bridgehead atoms. The Morgan fingerprint density at radius 3 is 2.67 bits per heavy atom. The predicted octanol–water partition coefficient (Wildman–Crippen LogP) is 5.40. The minimum Gasteiger partial charge on any atom is -0.316 e. The third-order valence-corrected chi connectivity index (χ3v) is 5.47. The molecule has 0 atom stereocenters. The van der Waals surface area contributed by atoms with Gasteiger partial charge in [0.1, 0.15) is 7.05 Å². The number of benzene rings is 1. The highest BCUT2D eigenvalue weighted by molar-refractivity contribution is 9.10. The van der Waals surface area contributed by atoms with E-state index >= 15 is 0 Å². The van der Waals surface area contributed by atoms with Gasteiger partial charge >= 0.3 is 0 Å². The van der Waals surface area contributed by atoms with Gasteiger partial charge in [0.05, 0.1) is 11.9 Å². The monoisotopic (exact) mass is 418 g/mol. The summed E-state index contributed by atoms with van der Waals surface area (Å²) in [6.45, 7) is 4.28. The van der Waals surface area contributed by atoms with E-state index in [4.69, 9.17) is 0 Å². The summed E-state index contributed by atoms with van der Waals surface area (Å²) in [7, 11) is 2.11. The molecule has 0 saturated carbocycles. The normalized spacial score (nSPS) is 11.6. The third kappa shape index (κ3) is 3.33. The molecule has 0 radical (unpaired) electrons. The van der Waals surface area contributed by atoms with Crippen LogP contribution in [0.4, 0.5) is 0 Å². The van der Waals surface area contributed by atoms with Crippen LogP contribution in [0.15, 0.2) is 65.4 Å². The van der Waals surface area contributed by atoms with E-state index in [1.54, 1.807) is 6.20 Å². The minimum absolute atomic E-state index is 1.09. The van der Waals surface area contributed by atoms with Gasteiger partial charge in [-0.25, -0.2) is 0 Å². The minimum atomic E-state index is 1.09. The lowest BCUT2D eigenvalue weighted by Crippen LogP contribution is -2.32. The zero-order chi connectivity index (χ0) is 19.0. The molecule has 0 saturated heterocycles. The van der Waals surface area contributed by atoms with Gasteiger partial charge in [0.25, 0.3) is 0 Å². The summed E-state index contributed by atoms with van der Waals surface area (Å²) >= 11 is 3.54. The van der Waals surface area contributed by atoms with Crippen molar-refractivity contribution in [3.05, 3.63) is 88.0 Å². The Morgan fingerprint density at radius 2 is 1.89 bits per heavy atom. The first-order valence-corrected chi connectivity index (χ1v) is 9.69. The van der Waals surface area contributed by atoms with Crippen molar-refractivity contribution in [1.29, 1.82) is 0 Å². The van der Waals surface area contributed by atoms with Crippen LogP contribution < -0.4 is 4.57 Å². The van der Waals surface area contributed by atoms with Gasteiger partial charge in [0.15, 0.2) is 0 Å². The average molecular weight is 419 g/mol. The molecule has 0 aliphatic rings. The van der Waals surface area contributed by atoms with Crippen LogP contribution in [-0.2, 0) is 7.05 Å². The van der Waals surface area contributed by atoms with Crippen molar-refractivity contribution in [2.24, 2.45) is 7.05 Å². The van der Waals surface area contributed by atoms with Crippen LogP contribution in [0, 0.1) is 13.8 Å². The zero-order valence-electron chi connectivity index (χ0n) is 15.6. The van der Waals surface area contributed by atoms with Crippen molar-refractivity contribution in [1.82, 2.24) is 9.55 Å². The van der Waals surface area contributed by atoms with E-state index in [1.165, 1.54) is 27.9 Å². The van der Waals surface area contributed by atoms with E-state index < -0.39 is 0 Å². The van der Waals surface area contributed by atoms with Crippen molar-refractivity contribution in [2.75, 3.05) is 0 Å². The van der Waals surface area contributed by atoms with Crippen molar-refractivity contribution in [2.45, 2.75) is 13.8 Å². The molecule has 27 heavy (non-hydrogen) atoms. The Bertz CT molecular complexity index is 1160. The van der Waals surface area contributed by atoms with Gasteiger partial charge in [-0.2, -0.15) is 4.57 Å². The summed E-state index contributed by atoms with van der Waals surface area (Å²) in [6.07, 6.45) is 8.07. The molecule has 1 aromatic carbocycles. The molecule has 3 heterocycles. The Kier molecular flexibility index (Phi) is 4.66. The lowest BCUT2D eigenvalue weighted by molar-refractivity contribution is -0.646. The van der Waals surface area contributed by atoms with Gasteiger partial charge in [-0.05, 0) is 61.9 Å². The Balaban J connectivity index is 1.73. The molecule has 3 aromatic heterocycles. The molecule has 0 aliphatic heterocycles. The Hall–Kier alpha value is -2.72. The lowest BCUT2D eigenvalue weighted by atomic mass is 10.1. The molecule has 4 heteroatoms. The molecule has 0 aliphatic carbocycles. The van der Waals surface area contributed by atoms with Crippen molar-refractivity contribution in [3.63, 3.8) is 0 Å². The summed E-state index contributed by atoms with van der Waals surface area (Å²) in [6, 6.07) is 17.0. The second kappa shape index (κ2) is 7.12. The molecule has 0 unspecified atom stereocenters. The fourth-order valence-corrected chi connectivity index (χ4v) is 3.95. The molecular weight excluding hydrogens is 398 g/mol. The van der Waals surface area contributed by atoms with Crippen molar-refractivity contribution in [3.8, 4) is 5.69 Å². The maximum absolute atomic E-state index is 4.25. The fourth-order valence-electron chi connectivity index (χ4n) is 3.57. The van der Waals surface area contributed by atoms with E-state index in [2.05, 4.69) is 106 Å². The molecule has 4 aromatic rings. The van der Waals surface area contributed by atoms with Crippen molar-refractivity contribution < 1.29 is 4.57 Å². The summed E-state index contributed by atoms with van der Waals surface area (Å²) in [5, 5.41) is 1.22. The number of aryl methyl sites for hydroxylation is 2. The van der Waals surface area contributed by atoms with Gasteiger partial charge in [-0.15, -0.1) is 0 Å². The third-order valence-electron chi connectivity index (χ3n) is 4.98. The highest BCUT2D eigenvalue weighted by Crippen LogP contribution is 2.22. The topological polar surface area (TPSA) is 21.7 Å². The highest BCUT2D eigenvalue weighted by Gasteiger charge is 2.12. The van der Waals surface area contributed by atoms with Gasteiger partial charge < -0.3 is 4.57 Å². The molecule has 0 fully saturated rings. The van der Waals surface area contributed by atoms with E-state index in [0.29, 0.717) is 0 Å². The first kappa shape index (κ1) is 17.7. The molecule has 0 spiro atoms. The van der Waals surface area contributed by atoms with Gasteiger partial charge in [0, 0.05) is 45.7 Å². The smallest absolute Gasteiger partial charge is 0.212 e. The van der Waals surface area contributed by atoms with Crippen LogP contribution >= 0.6 is 15.9 Å². The number of halogens is 1. The molecule has 134 valence electrons. The second-order valence-electron chi connectivity index (χ2n) is 6.73. The Labute approximate surface area is 167 Å². The Morgan fingerprint density at radius 1 is 1.04 bits per heavy atom. The SMILES string of the molecule is Cc1cc(/C=C/c2ccc3cc(Br)ccc3[n+]2C)c(C)n1-c1cccnc1. The summed E-state index contributed by atoms with van der Waals surface area (Å²) in [5.74, 6) is 0. The molecule has 0 N–H and O–H groups in total. The average Bonchev–Trinajstić information content (AvgIpc) is 2.95. The maximum atomic E-state index is 4.25. The number of hydrogen-bond donors (Lipinski definition) is 0. The van der Waals surface area contributed by atoms with Crippen LogP contribution in [0.25, 0.3) is 28.7 Å². The van der Waals surface area contributed by atoms with E-state index in [-0.39, 0.29) is 0 Å². The molecule has 0 amide bonds. The maximum Gasteiger partial charge on any atom is 0.212 e. The standard InChI is InChI=1S/C23H21BrN3/c1-16-13-18(17(2)27(16)22-5-4-12-25-15-22)6-9-21-10-7-19-14-20(24)8-11-23(19)26(21)3/h4-15H,1-3H3/q+1. The zero-order valence-corrected chi connectivity index (χ0v) is 17.2. The molecular formula is C23H21BrN3+. The summed E-state index contributed by atoms with van der Waals surface area (Å²) in [4.78, 5) is 4.25. The number of pyridine rings is 2. The van der Waals surface area contributed by atoms with Crippen LogP contribution in [0.2, 0.25) is 0 Å². The highest BCUT2D eigenvalue weighted by atomic mass is 79.9. The fraction of sp³-hybridized carbons (Fsp3) is 0.130. The second-order valence-corrected chi connectivity index (χ2v) is 7.64. The van der Waals surface area contributed by atoms with Crippen LogP contribution in [0.1, 0.15) is 22.6 Å². The molecule has 4 rings (SSSR count). The quantitative estimate of drug-likeness (QED) is 0.408. The number of fused-ring (bicyclic) bond motifs is 1. The number of rotatable bonds is 3. The van der Waals surface area contributed by atoms with Gasteiger partial charge in [-0.1, -0.05) is 15.9 Å². The van der Waals surface area contributed by atoms with E-state index in [1.807, 2.05) is 12.3 Å². The predicted molar refractivity (Wildman–Crippen MR) is 115 cm³/mol. The van der Waals surface area contributed by atoms with E-state index in [9.17, 15) is 0 Å².